The van der Waals surface area contributed by atoms with Crippen LogP contribution in [0.4, 0.5) is 5.69 Å². The van der Waals surface area contributed by atoms with Gasteiger partial charge in [0, 0.05) is 42.6 Å². The van der Waals surface area contributed by atoms with Crippen LogP contribution in [-0.2, 0) is 11.3 Å². The summed E-state index contributed by atoms with van der Waals surface area (Å²) in [4.78, 5) is 23.5. The van der Waals surface area contributed by atoms with E-state index in [0.717, 1.165) is 42.1 Å². The largest absolute Gasteiger partial charge is 0.325 e. The van der Waals surface area contributed by atoms with E-state index in [1.54, 1.807) is 10.9 Å². The highest BCUT2D eigenvalue weighted by atomic mass is 16.2. The summed E-state index contributed by atoms with van der Waals surface area (Å²) in [5.74, 6) is 0.782. The van der Waals surface area contributed by atoms with E-state index < -0.39 is 0 Å². The summed E-state index contributed by atoms with van der Waals surface area (Å²) in [6.45, 7) is 3.46. The number of rotatable bonds is 5. The molecule has 1 N–H and O–H groups in total. The Balaban J connectivity index is 1.44. The van der Waals surface area contributed by atoms with E-state index in [0.29, 0.717) is 6.54 Å². The maximum atomic E-state index is 12.9. The minimum absolute atomic E-state index is 0.0261. The molecule has 0 saturated carbocycles. The Labute approximate surface area is 158 Å². The van der Waals surface area contributed by atoms with Gasteiger partial charge in [-0.1, -0.05) is 6.07 Å². The predicted octanol–water partition coefficient (Wildman–Crippen LogP) is 2.57. The molecule has 1 amide bonds. The molecule has 1 unspecified atom stereocenters. The van der Waals surface area contributed by atoms with Crippen LogP contribution in [0.5, 0.6) is 0 Å². The third-order valence-electron chi connectivity index (χ3n) is 4.77. The maximum absolute atomic E-state index is 12.9. The Hall–Kier alpha value is -3.06. The SMILES string of the molecule is Cc1ncc(CN2CCCC2C(=O)Nc2cccc(-n3cccn3)c2)cn1. The number of carbonyl (C=O) groups excluding carboxylic acids is 1. The number of carbonyl (C=O) groups is 1. The summed E-state index contributed by atoms with van der Waals surface area (Å²) >= 11 is 0. The standard InChI is InChI=1S/C20H22N6O/c1-15-21-12-16(13-22-15)14-25-9-3-7-19(25)20(27)24-17-5-2-6-18(11-17)26-10-4-8-23-26/h2,4-6,8,10-13,19H,3,7,9,14H2,1H3,(H,24,27). The number of amides is 1. The fourth-order valence-electron chi connectivity index (χ4n) is 3.42. The summed E-state index contributed by atoms with van der Waals surface area (Å²) in [7, 11) is 0. The van der Waals surface area contributed by atoms with E-state index in [4.69, 9.17) is 0 Å². The van der Waals surface area contributed by atoms with Crippen LogP contribution in [0.2, 0.25) is 0 Å². The zero-order chi connectivity index (χ0) is 18.6. The molecule has 1 aliphatic heterocycles. The first-order valence-corrected chi connectivity index (χ1v) is 9.11. The number of nitrogens with zero attached hydrogens (tertiary/aromatic N) is 5. The monoisotopic (exact) mass is 362 g/mol. The first-order valence-electron chi connectivity index (χ1n) is 9.11. The number of nitrogens with one attached hydrogen (secondary N) is 1. The molecule has 0 bridgehead atoms. The van der Waals surface area contributed by atoms with Crippen molar-refractivity contribution >= 4 is 11.6 Å². The lowest BCUT2D eigenvalue weighted by molar-refractivity contribution is -0.120. The normalized spacial score (nSPS) is 17.1. The van der Waals surface area contributed by atoms with Crippen LogP contribution in [0.25, 0.3) is 5.69 Å². The average molecular weight is 362 g/mol. The molecule has 0 radical (unpaired) electrons. The lowest BCUT2D eigenvalue weighted by atomic mass is 10.2. The Bertz CT molecular complexity index is 906. The number of hydrogen-bond acceptors (Lipinski definition) is 5. The smallest absolute Gasteiger partial charge is 0.241 e. The molecule has 1 aliphatic rings. The molecule has 138 valence electrons. The van der Waals surface area contributed by atoms with Gasteiger partial charge in [0.1, 0.15) is 5.82 Å². The Kier molecular flexibility index (Phi) is 4.93. The third-order valence-corrected chi connectivity index (χ3v) is 4.77. The van der Waals surface area contributed by atoms with Crippen molar-refractivity contribution in [2.24, 2.45) is 0 Å². The third kappa shape index (κ3) is 4.03. The minimum Gasteiger partial charge on any atom is -0.325 e. The number of aromatic nitrogens is 4. The maximum Gasteiger partial charge on any atom is 0.241 e. The molecule has 3 aromatic rings. The van der Waals surface area contributed by atoms with Crippen LogP contribution in [0, 0.1) is 6.92 Å². The van der Waals surface area contributed by atoms with Gasteiger partial charge >= 0.3 is 0 Å². The molecule has 1 fully saturated rings. The van der Waals surface area contributed by atoms with Gasteiger partial charge in [-0.15, -0.1) is 0 Å². The molecule has 7 nitrogen and oxygen atoms in total. The molecule has 1 atom stereocenters. The Morgan fingerprint density at radius 2 is 2.11 bits per heavy atom. The van der Waals surface area contributed by atoms with E-state index in [-0.39, 0.29) is 11.9 Å². The second kappa shape index (κ2) is 7.67. The average Bonchev–Trinajstić information content (AvgIpc) is 3.36. The second-order valence-electron chi connectivity index (χ2n) is 6.76. The molecular weight excluding hydrogens is 340 g/mol. The quantitative estimate of drug-likeness (QED) is 0.755. The van der Waals surface area contributed by atoms with Gasteiger partial charge in [0.15, 0.2) is 0 Å². The highest BCUT2D eigenvalue weighted by molar-refractivity contribution is 5.95. The van der Waals surface area contributed by atoms with E-state index in [9.17, 15) is 4.79 Å². The molecule has 1 saturated heterocycles. The van der Waals surface area contributed by atoms with Crippen LogP contribution >= 0.6 is 0 Å². The first kappa shape index (κ1) is 17.4. The van der Waals surface area contributed by atoms with Gasteiger partial charge in [0.2, 0.25) is 5.91 Å². The molecule has 27 heavy (non-hydrogen) atoms. The molecule has 3 heterocycles. The van der Waals surface area contributed by atoms with Gasteiger partial charge in [-0.2, -0.15) is 5.10 Å². The summed E-state index contributed by atoms with van der Waals surface area (Å²) < 4.78 is 1.77. The fourth-order valence-corrected chi connectivity index (χ4v) is 3.42. The van der Waals surface area contributed by atoms with Gasteiger partial charge in [0.25, 0.3) is 0 Å². The van der Waals surface area contributed by atoms with Gasteiger partial charge in [-0.3, -0.25) is 9.69 Å². The molecular formula is C20H22N6O. The molecule has 0 aliphatic carbocycles. The zero-order valence-corrected chi connectivity index (χ0v) is 15.2. The van der Waals surface area contributed by atoms with E-state index >= 15 is 0 Å². The van der Waals surface area contributed by atoms with Crippen molar-refractivity contribution in [1.29, 1.82) is 0 Å². The van der Waals surface area contributed by atoms with Crippen LogP contribution in [0.1, 0.15) is 24.2 Å². The van der Waals surface area contributed by atoms with Crippen molar-refractivity contribution < 1.29 is 4.79 Å². The van der Waals surface area contributed by atoms with E-state index in [1.165, 1.54) is 0 Å². The molecule has 1 aromatic carbocycles. The van der Waals surface area contributed by atoms with E-state index in [2.05, 4.69) is 25.3 Å². The van der Waals surface area contributed by atoms with Crippen molar-refractivity contribution in [3.05, 3.63) is 66.5 Å². The van der Waals surface area contributed by atoms with Crippen LogP contribution in [-0.4, -0.2) is 43.1 Å². The van der Waals surface area contributed by atoms with Gasteiger partial charge in [-0.25, -0.2) is 14.6 Å². The number of likely N-dealkylation sites (tertiary alicyclic amines) is 1. The Morgan fingerprint density at radius 1 is 1.26 bits per heavy atom. The fraction of sp³-hybridized carbons (Fsp3) is 0.300. The van der Waals surface area contributed by atoms with Gasteiger partial charge < -0.3 is 5.32 Å². The van der Waals surface area contributed by atoms with Crippen molar-refractivity contribution in [1.82, 2.24) is 24.6 Å². The molecule has 4 rings (SSSR count). The number of anilines is 1. The summed E-state index contributed by atoms with van der Waals surface area (Å²) in [5.41, 5.74) is 2.72. The number of benzene rings is 1. The lowest BCUT2D eigenvalue weighted by Crippen LogP contribution is -2.39. The van der Waals surface area contributed by atoms with Crippen molar-refractivity contribution in [2.75, 3.05) is 11.9 Å². The van der Waals surface area contributed by atoms with Gasteiger partial charge in [-0.05, 0) is 50.6 Å². The summed E-state index contributed by atoms with van der Waals surface area (Å²) in [5, 5.41) is 7.29. The molecule has 2 aromatic heterocycles. The number of aryl methyl sites for hydroxylation is 1. The van der Waals surface area contributed by atoms with Crippen molar-refractivity contribution in [3.63, 3.8) is 0 Å². The summed E-state index contributed by atoms with van der Waals surface area (Å²) in [6.07, 6.45) is 9.15. The highest BCUT2D eigenvalue weighted by Crippen LogP contribution is 2.22. The second-order valence-corrected chi connectivity index (χ2v) is 6.76. The van der Waals surface area contributed by atoms with Crippen LogP contribution < -0.4 is 5.32 Å². The van der Waals surface area contributed by atoms with Gasteiger partial charge in [0.05, 0.1) is 11.7 Å². The highest BCUT2D eigenvalue weighted by Gasteiger charge is 2.30. The lowest BCUT2D eigenvalue weighted by Gasteiger charge is -2.23. The molecule has 7 heteroatoms. The predicted molar refractivity (Wildman–Crippen MR) is 102 cm³/mol. The first-order chi connectivity index (χ1) is 13.2. The Morgan fingerprint density at radius 3 is 2.89 bits per heavy atom. The van der Waals surface area contributed by atoms with E-state index in [1.807, 2.05) is 55.8 Å². The van der Waals surface area contributed by atoms with Crippen LogP contribution in [0.3, 0.4) is 0 Å². The van der Waals surface area contributed by atoms with Crippen molar-refractivity contribution in [2.45, 2.75) is 32.4 Å². The topological polar surface area (TPSA) is 75.9 Å². The minimum atomic E-state index is -0.139. The number of hydrogen-bond donors (Lipinski definition) is 1. The van der Waals surface area contributed by atoms with Crippen LogP contribution in [0.15, 0.2) is 55.1 Å². The zero-order valence-electron chi connectivity index (χ0n) is 15.2. The molecule has 0 spiro atoms. The van der Waals surface area contributed by atoms with Crippen molar-refractivity contribution in [3.8, 4) is 5.69 Å². The summed E-state index contributed by atoms with van der Waals surface area (Å²) in [6, 6.07) is 9.44.